The minimum atomic E-state index is -1.82. The summed E-state index contributed by atoms with van der Waals surface area (Å²) in [5, 5.41) is 14.8. The molecule has 0 atom stereocenters. The molecule has 0 bridgehead atoms. The number of benzene rings is 1. The van der Waals surface area contributed by atoms with E-state index < -0.39 is 11.9 Å². The fourth-order valence-corrected chi connectivity index (χ4v) is 2.61. The van der Waals surface area contributed by atoms with Gasteiger partial charge in [0, 0.05) is 12.1 Å². The van der Waals surface area contributed by atoms with Gasteiger partial charge in [-0.15, -0.1) is 6.58 Å². The molecule has 144 valence electrons. The maximum Gasteiger partial charge on any atom is 0.414 e. The van der Waals surface area contributed by atoms with Gasteiger partial charge in [0.05, 0.1) is 7.11 Å². The lowest BCUT2D eigenvalue weighted by atomic mass is 10.1. The predicted octanol–water partition coefficient (Wildman–Crippen LogP) is 2.44. The molecule has 1 aromatic rings. The second-order valence-electron chi connectivity index (χ2n) is 5.83. The van der Waals surface area contributed by atoms with E-state index in [0.717, 1.165) is 36.6 Å². The molecule has 1 aromatic carbocycles. The van der Waals surface area contributed by atoms with Crippen molar-refractivity contribution in [3.05, 3.63) is 36.4 Å². The predicted molar refractivity (Wildman–Crippen MR) is 98.0 cm³/mol. The van der Waals surface area contributed by atoms with Crippen LogP contribution in [0.5, 0.6) is 11.5 Å². The molecule has 1 fully saturated rings. The van der Waals surface area contributed by atoms with Gasteiger partial charge >= 0.3 is 11.9 Å². The summed E-state index contributed by atoms with van der Waals surface area (Å²) in [5.41, 5.74) is 1.14. The normalized spacial score (nSPS) is 13.9. The maximum absolute atomic E-state index is 9.10. The molecule has 1 aliphatic heterocycles. The summed E-state index contributed by atoms with van der Waals surface area (Å²) in [4.78, 5) is 20.7. The van der Waals surface area contributed by atoms with E-state index in [0.29, 0.717) is 0 Å². The van der Waals surface area contributed by atoms with Gasteiger partial charge in [-0.3, -0.25) is 4.90 Å². The lowest BCUT2D eigenvalue weighted by Crippen LogP contribution is -2.33. The number of hydrogen-bond donors (Lipinski definition) is 2. The fourth-order valence-electron chi connectivity index (χ4n) is 2.61. The number of aliphatic carboxylic acids is 2. The van der Waals surface area contributed by atoms with Gasteiger partial charge in [0.15, 0.2) is 0 Å². The van der Waals surface area contributed by atoms with Gasteiger partial charge in [0.25, 0.3) is 0 Å². The minimum absolute atomic E-state index is 0.746. The lowest BCUT2D eigenvalue weighted by molar-refractivity contribution is -0.159. The summed E-state index contributed by atoms with van der Waals surface area (Å²) in [6.07, 6.45) is 6.72. The Hall–Kier alpha value is -2.54. The SMILES string of the molecule is C=CCc1cc(OC)ccc1OCCN1CCCCC1.O=C(O)C(=O)O. The molecule has 0 unspecified atom stereocenters. The van der Waals surface area contributed by atoms with Crippen molar-refractivity contribution in [3.8, 4) is 11.5 Å². The van der Waals surface area contributed by atoms with Crippen LogP contribution in [0.15, 0.2) is 30.9 Å². The number of hydrogen-bond acceptors (Lipinski definition) is 5. The highest BCUT2D eigenvalue weighted by Gasteiger charge is 2.10. The smallest absolute Gasteiger partial charge is 0.414 e. The van der Waals surface area contributed by atoms with E-state index in [2.05, 4.69) is 11.5 Å². The first-order valence-electron chi connectivity index (χ1n) is 8.57. The quantitative estimate of drug-likeness (QED) is 0.566. The third-order valence-electron chi connectivity index (χ3n) is 3.93. The summed E-state index contributed by atoms with van der Waals surface area (Å²) in [6.45, 7) is 7.99. The molecule has 0 amide bonds. The Bertz CT molecular complexity index is 584. The van der Waals surface area contributed by atoms with Gasteiger partial charge in [-0.2, -0.15) is 0 Å². The molecule has 0 aliphatic carbocycles. The van der Waals surface area contributed by atoms with Crippen LogP contribution >= 0.6 is 0 Å². The van der Waals surface area contributed by atoms with Crippen molar-refractivity contribution in [1.82, 2.24) is 4.90 Å². The van der Waals surface area contributed by atoms with Crippen LogP contribution in [-0.4, -0.2) is 60.4 Å². The molecule has 1 aliphatic rings. The first kappa shape index (κ1) is 21.5. The van der Waals surface area contributed by atoms with Crippen LogP contribution in [0.4, 0.5) is 0 Å². The highest BCUT2D eigenvalue weighted by Crippen LogP contribution is 2.25. The monoisotopic (exact) mass is 365 g/mol. The van der Waals surface area contributed by atoms with E-state index in [1.165, 1.54) is 32.4 Å². The second-order valence-corrected chi connectivity index (χ2v) is 5.83. The van der Waals surface area contributed by atoms with Gasteiger partial charge < -0.3 is 19.7 Å². The van der Waals surface area contributed by atoms with Crippen LogP contribution in [0, 0.1) is 0 Å². The van der Waals surface area contributed by atoms with E-state index in [9.17, 15) is 0 Å². The summed E-state index contributed by atoms with van der Waals surface area (Å²) in [5.74, 6) is -1.84. The van der Waals surface area contributed by atoms with Crippen LogP contribution in [0.3, 0.4) is 0 Å². The molecule has 0 spiro atoms. The number of ether oxygens (including phenoxy) is 2. The van der Waals surface area contributed by atoms with E-state index in [-0.39, 0.29) is 0 Å². The zero-order valence-electron chi connectivity index (χ0n) is 15.1. The van der Waals surface area contributed by atoms with Crippen molar-refractivity contribution in [2.75, 3.05) is 33.4 Å². The molecule has 0 radical (unpaired) electrons. The van der Waals surface area contributed by atoms with Crippen molar-refractivity contribution in [3.63, 3.8) is 0 Å². The van der Waals surface area contributed by atoms with E-state index in [1.54, 1.807) is 7.11 Å². The van der Waals surface area contributed by atoms with E-state index in [1.807, 2.05) is 24.3 Å². The molecule has 1 saturated heterocycles. The Morgan fingerprint density at radius 2 is 1.85 bits per heavy atom. The summed E-state index contributed by atoms with van der Waals surface area (Å²) < 4.78 is 11.2. The largest absolute Gasteiger partial charge is 0.497 e. The second kappa shape index (κ2) is 11.9. The lowest BCUT2D eigenvalue weighted by Gasteiger charge is -2.26. The van der Waals surface area contributed by atoms with Crippen LogP contribution in [-0.2, 0) is 16.0 Å². The Labute approximate surface area is 153 Å². The van der Waals surface area contributed by atoms with Crippen molar-refractivity contribution in [2.24, 2.45) is 0 Å². The van der Waals surface area contributed by atoms with Crippen LogP contribution in [0.2, 0.25) is 0 Å². The molecule has 26 heavy (non-hydrogen) atoms. The average Bonchev–Trinajstić information content (AvgIpc) is 2.64. The number of carboxylic acid groups (broad SMARTS) is 2. The van der Waals surface area contributed by atoms with Crippen molar-refractivity contribution >= 4 is 11.9 Å². The highest BCUT2D eigenvalue weighted by atomic mass is 16.5. The Kier molecular flexibility index (Phi) is 9.86. The van der Waals surface area contributed by atoms with Crippen molar-refractivity contribution in [1.29, 1.82) is 0 Å². The Balaban J connectivity index is 0.000000487. The van der Waals surface area contributed by atoms with E-state index >= 15 is 0 Å². The number of likely N-dealkylation sites (tertiary alicyclic amines) is 1. The van der Waals surface area contributed by atoms with Gasteiger partial charge in [0.2, 0.25) is 0 Å². The fraction of sp³-hybridized carbons (Fsp3) is 0.474. The summed E-state index contributed by atoms with van der Waals surface area (Å²) in [7, 11) is 1.68. The van der Waals surface area contributed by atoms with Gasteiger partial charge in [-0.05, 0) is 50.6 Å². The molecule has 0 saturated carbocycles. The van der Waals surface area contributed by atoms with Crippen molar-refractivity contribution in [2.45, 2.75) is 25.7 Å². The van der Waals surface area contributed by atoms with Gasteiger partial charge in [-0.25, -0.2) is 9.59 Å². The minimum Gasteiger partial charge on any atom is -0.497 e. The topological polar surface area (TPSA) is 96.3 Å². The molecule has 7 nitrogen and oxygen atoms in total. The highest BCUT2D eigenvalue weighted by molar-refractivity contribution is 6.27. The van der Waals surface area contributed by atoms with Gasteiger partial charge in [-0.1, -0.05) is 12.5 Å². The zero-order valence-corrected chi connectivity index (χ0v) is 15.1. The van der Waals surface area contributed by atoms with E-state index in [4.69, 9.17) is 29.3 Å². The number of nitrogens with zero attached hydrogens (tertiary/aromatic N) is 1. The Morgan fingerprint density at radius 1 is 1.19 bits per heavy atom. The number of allylic oxidation sites excluding steroid dienone is 1. The summed E-state index contributed by atoms with van der Waals surface area (Å²) in [6, 6.07) is 5.97. The third-order valence-corrected chi connectivity index (χ3v) is 3.93. The van der Waals surface area contributed by atoms with Crippen LogP contribution in [0.1, 0.15) is 24.8 Å². The molecular weight excluding hydrogens is 338 g/mol. The number of methoxy groups -OCH3 is 1. The molecular formula is C19H27NO6. The van der Waals surface area contributed by atoms with Crippen LogP contribution in [0.25, 0.3) is 0 Å². The third kappa shape index (κ3) is 8.02. The first-order chi connectivity index (χ1) is 12.5. The molecule has 2 rings (SSSR count). The number of carbonyl (C=O) groups is 2. The Morgan fingerprint density at radius 3 is 2.38 bits per heavy atom. The maximum atomic E-state index is 9.10. The standard InChI is InChI=1S/C17H25NO2.C2H2O4/c1-3-7-15-14-16(19-2)8-9-17(15)20-13-12-18-10-5-4-6-11-18;3-1(4)2(5)6/h3,8-9,14H,1,4-7,10-13H2,2H3;(H,3,4)(H,5,6). The molecule has 7 heteroatoms. The molecule has 1 heterocycles. The molecule has 0 aromatic heterocycles. The first-order valence-corrected chi connectivity index (χ1v) is 8.57. The number of rotatable bonds is 7. The average molecular weight is 365 g/mol. The summed E-state index contributed by atoms with van der Waals surface area (Å²) >= 11 is 0. The van der Waals surface area contributed by atoms with Gasteiger partial charge in [0.1, 0.15) is 18.1 Å². The van der Waals surface area contributed by atoms with Crippen LogP contribution < -0.4 is 9.47 Å². The number of piperidine rings is 1. The van der Waals surface area contributed by atoms with Crippen molar-refractivity contribution < 1.29 is 29.3 Å². The molecule has 2 N–H and O–H groups in total. The zero-order chi connectivity index (χ0) is 19.4. The number of carboxylic acids is 2.